The normalized spacial score (nSPS) is 11.3. The summed E-state index contributed by atoms with van der Waals surface area (Å²) in [7, 11) is 1.84. The fourth-order valence-corrected chi connectivity index (χ4v) is 2.26. The van der Waals surface area contributed by atoms with Crippen molar-refractivity contribution in [3.05, 3.63) is 36.0 Å². The summed E-state index contributed by atoms with van der Waals surface area (Å²) >= 11 is 0. The molecule has 0 saturated carbocycles. The van der Waals surface area contributed by atoms with Gasteiger partial charge in [-0.05, 0) is 36.1 Å². The van der Waals surface area contributed by atoms with Crippen LogP contribution in [0.5, 0.6) is 0 Å². The van der Waals surface area contributed by atoms with Crippen LogP contribution in [0.4, 0.5) is 0 Å². The molecule has 0 atom stereocenters. The van der Waals surface area contributed by atoms with Crippen molar-refractivity contribution in [1.29, 1.82) is 0 Å². The molecule has 1 heterocycles. The molecule has 0 fully saturated rings. The van der Waals surface area contributed by atoms with Gasteiger partial charge in [0.05, 0.1) is 0 Å². The van der Waals surface area contributed by atoms with Crippen molar-refractivity contribution in [3.63, 3.8) is 0 Å². The average molecular weight is 287 g/mol. The van der Waals surface area contributed by atoms with Gasteiger partial charge in [0.15, 0.2) is 0 Å². The van der Waals surface area contributed by atoms with E-state index in [1.165, 1.54) is 10.9 Å². The smallest absolute Gasteiger partial charge is 0.242 e. The van der Waals surface area contributed by atoms with Gasteiger partial charge in [0, 0.05) is 37.9 Å². The van der Waals surface area contributed by atoms with E-state index in [1.54, 1.807) is 4.90 Å². The van der Waals surface area contributed by atoms with Crippen LogP contribution in [0.3, 0.4) is 0 Å². The summed E-state index contributed by atoms with van der Waals surface area (Å²) in [5.41, 5.74) is 2.38. The van der Waals surface area contributed by atoms with Gasteiger partial charge in [0.25, 0.3) is 0 Å². The van der Waals surface area contributed by atoms with E-state index in [4.69, 9.17) is 0 Å². The van der Waals surface area contributed by atoms with Crippen molar-refractivity contribution in [2.75, 3.05) is 13.6 Å². The Morgan fingerprint density at radius 3 is 2.76 bits per heavy atom. The average Bonchev–Trinajstić information content (AvgIpc) is 2.86. The highest BCUT2D eigenvalue weighted by Crippen LogP contribution is 2.18. The molecule has 0 aliphatic rings. The molecule has 0 unspecified atom stereocenters. The molecule has 2 aromatic rings. The molecule has 2 rings (SSSR count). The van der Waals surface area contributed by atoms with Crippen LogP contribution >= 0.6 is 0 Å². The van der Waals surface area contributed by atoms with Crippen molar-refractivity contribution in [1.82, 2.24) is 14.8 Å². The molecule has 0 radical (unpaired) electrons. The molecule has 0 saturated heterocycles. The number of fused-ring (bicyclic) bond motifs is 1. The van der Waals surface area contributed by atoms with Gasteiger partial charge in [-0.25, -0.2) is 0 Å². The molecule has 0 bridgehead atoms. The summed E-state index contributed by atoms with van der Waals surface area (Å²) in [6, 6.07) is 8.98. The molecular formula is C17H25N3O. The zero-order valence-electron chi connectivity index (χ0n) is 13.4. The Morgan fingerprint density at radius 2 is 2.10 bits per heavy atom. The third-order valence-electron chi connectivity index (χ3n) is 3.76. The molecule has 1 amide bonds. The maximum atomic E-state index is 12.0. The third kappa shape index (κ3) is 3.85. The minimum atomic E-state index is 0.139. The number of benzene rings is 1. The molecule has 114 valence electrons. The van der Waals surface area contributed by atoms with E-state index in [1.807, 2.05) is 24.7 Å². The SMILES string of the molecule is CCN(C)C(=O)Cn1ccc2cc(CNC(C)C)ccc21. The number of nitrogens with zero attached hydrogens (tertiary/aromatic N) is 2. The molecule has 4 heteroatoms. The van der Waals surface area contributed by atoms with E-state index in [2.05, 4.69) is 43.4 Å². The number of rotatable bonds is 6. The van der Waals surface area contributed by atoms with Crippen LogP contribution in [0.15, 0.2) is 30.5 Å². The first-order chi connectivity index (χ1) is 10.0. The zero-order valence-corrected chi connectivity index (χ0v) is 13.4. The first-order valence-corrected chi connectivity index (χ1v) is 7.56. The predicted molar refractivity (Wildman–Crippen MR) is 87.2 cm³/mol. The second kappa shape index (κ2) is 6.76. The van der Waals surface area contributed by atoms with Gasteiger partial charge in [-0.15, -0.1) is 0 Å². The van der Waals surface area contributed by atoms with Crippen molar-refractivity contribution in [2.24, 2.45) is 0 Å². The van der Waals surface area contributed by atoms with Crippen LogP contribution in [0.25, 0.3) is 10.9 Å². The lowest BCUT2D eigenvalue weighted by Crippen LogP contribution is -2.29. The van der Waals surface area contributed by atoms with Crippen molar-refractivity contribution >= 4 is 16.8 Å². The molecule has 0 aliphatic carbocycles. The maximum Gasteiger partial charge on any atom is 0.242 e. The van der Waals surface area contributed by atoms with Gasteiger partial charge >= 0.3 is 0 Å². The Hall–Kier alpha value is -1.81. The monoisotopic (exact) mass is 287 g/mol. The van der Waals surface area contributed by atoms with Gasteiger partial charge in [0.2, 0.25) is 5.91 Å². The molecule has 4 nitrogen and oxygen atoms in total. The number of nitrogens with one attached hydrogen (secondary N) is 1. The molecule has 1 aromatic heterocycles. The highest BCUT2D eigenvalue weighted by atomic mass is 16.2. The molecular weight excluding hydrogens is 262 g/mol. The van der Waals surface area contributed by atoms with Crippen molar-refractivity contribution < 1.29 is 4.79 Å². The number of carbonyl (C=O) groups is 1. The first-order valence-electron chi connectivity index (χ1n) is 7.56. The Bertz CT molecular complexity index is 616. The van der Waals surface area contributed by atoms with E-state index in [-0.39, 0.29) is 5.91 Å². The fraction of sp³-hybridized carbons (Fsp3) is 0.471. The largest absolute Gasteiger partial charge is 0.344 e. The highest BCUT2D eigenvalue weighted by molar-refractivity contribution is 5.83. The predicted octanol–water partition coefficient (Wildman–Crippen LogP) is 2.62. The summed E-state index contributed by atoms with van der Waals surface area (Å²) in [4.78, 5) is 13.8. The second-order valence-corrected chi connectivity index (χ2v) is 5.78. The topological polar surface area (TPSA) is 37.3 Å². The zero-order chi connectivity index (χ0) is 15.4. The lowest BCUT2D eigenvalue weighted by Gasteiger charge is -2.15. The van der Waals surface area contributed by atoms with E-state index < -0.39 is 0 Å². The first kappa shape index (κ1) is 15.6. The molecule has 0 spiro atoms. The van der Waals surface area contributed by atoms with Crippen molar-refractivity contribution in [3.8, 4) is 0 Å². The van der Waals surface area contributed by atoms with Gasteiger partial charge in [-0.3, -0.25) is 4.79 Å². The second-order valence-electron chi connectivity index (χ2n) is 5.78. The Kier molecular flexibility index (Phi) is 5.02. The number of aromatic nitrogens is 1. The Morgan fingerprint density at radius 1 is 1.33 bits per heavy atom. The number of amides is 1. The van der Waals surface area contributed by atoms with Gasteiger partial charge < -0.3 is 14.8 Å². The number of hydrogen-bond donors (Lipinski definition) is 1. The van der Waals surface area contributed by atoms with Crippen LogP contribution < -0.4 is 5.32 Å². The minimum absolute atomic E-state index is 0.139. The van der Waals surface area contributed by atoms with Gasteiger partial charge in [-0.1, -0.05) is 19.9 Å². The molecule has 21 heavy (non-hydrogen) atoms. The number of likely N-dealkylation sites (N-methyl/N-ethyl adjacent to an activating group) is 1. The molecule has 1 aromatic carbocycles. The standard InChI is InChI=1S/C17H25N3O/c1-5-19(4)17(21)12-20-9-8-15-10-14(6-7-16(15)20)11-18-13(2)3/h6-10,13,18H,5,11-12H2,1-4H3. The van der Waals surface area contributed by atoms with Crippen LogP contribution in [0.1, 0.15) is 26.3 Å². The van der Waals surface area contributed by atoms with E-state index in [0.717, 1.165) is 18.6 Å². The summed E-state index contributed by atoms with van der Waals surface area (Å²) < 4.78 is 2.02. The quantitative estimate of drug-likeness (QED) is 0.887. The maximum absolute atomic E-state index is 12.0. The van der Waals surface area contributed by atoms with Crippen LogP contribution in [0, 0.1) is 0 Å². The van der Waals surface area contributed by atoms with Crippen LogP contribution in [-0.2, 0) is 17.9 Å². The van der Waals surface area contributed by atoms with E-state index in [0.29, 0.717) is 12.6 Å². The summed E-state index contributed by atoms with van der Waals surface area (Å²) in [5, 5.41) is 4.61. The van der Waals surface area contributed by atoms with Gasteiger partial charge in [-0.2, -0.15) is 0 Å². The summed E-state index contributed by atoms with van der Waals surface area (Å²) in [6.45, 7) is 8.28. The van der Waals surface area contributed by atoms with Gasteiger partial charge in [0.1, 0.15) is 6.54 Å². The summed E-state index contributed by atoms with van der Waals surface area (Å²) in [6.07, 6.45) is 1.99. The summed E-state index contributed by atoms with van der Waals surface area (Å²) in [5.74, 6) is 0.139. The third-order valence-corrected chi connectivity index (χ3v) is 3.76. The van der Waals surface area contributed by atoms with Crippen molar-refractivity contribution in [2.45, 2.75) is 39.9 Å². The van der Waals surface area contributed by atoms with Crippen LogP contribution in [0.2, 0.25) is 0 Å². The Balaban J connectivity index is 2.15. The number of hydrogen-bond acceptors (Lipinski definition) is 2. The van der Waals surface area contributed by atoms with E-state index >= 15 is 0 Å². The highest BCUT2D eigenvalue weighted by Gasteiger charge is 2.09. The molecule has 1 N–H and O–H groups in total. The fourth-order valence-electron chi connectivity index (χ4n) is 2.26. The lowest BCUT2D eigenvalue weighted by atomic mass is 10.1. The number of carbonyl (C=O) groups excluding carboxylic acids is 1. The van der Waals surface area contributed by atoms with E-state index in [9.17, 15) is 4.79 Å². The lowest BCUT2D eigenvalue weighted by molar-refractivity contribution is -0.130. The van der Waals surface area contributed by atoms with Crippen LogP contribution in [-0.4, -0.2) is 35.0 Å². The molecule has 0 aliphatic heterocycles. The minimum Gasteiger partial charge on any atom is -0.344 e. The Labute approximate surface area is 126 Å².